The lowest BCUT2D eigenvalue weighted by molar-refractivity contribution is 0.0963. The van der Waals surface area contributed by atoms with Gasteiger partial charge in [0.25, 0.3) is 0 Å². The van der Waals surface area contributed by atoms with E-state index in [9.17, 15) is 4.79 Å². The first-order valence-electron chi connectivity index (χ1n) is 7.63. The second-order valence-electron chi connectivity index (χ2n) is 5.17. The summed E-state index contributed by atoms with van der Waals surface area (Å²) < 4.78 is 6.95. The van der Waals surface area contributed by atoms with Crippen LogP contribution in [0.4, 0.5) is 4.79 Å². The van der Waals surface area contributed by atoms with E-state index in [-0.39, 0.29) is 36.1 Å². The van der Waals surface area contributed by atoms with E-state index in [4.69, 9.17) is 10.5 Å². The molecule has 0 saturated carbocycles. The monoisotopic (exact) mass is 436 g/mol. The lowest BCUT2D eigenvalue weighted by Gasteiger charge is -2.31. The normalized spacial score (nSPS) is 15.9. The van der Waals surface area contributed by atoms with Crippen LogP contribution >= 0.6 is 24.0 Å². The van der Waals surface area contributed by atoms with Gasteiger partial charge in [0.05, 0.1) is 19.5 Å². The Morgan fingerprint density at radius 1 is 1.48 bits per heavy atom. The molecule has 0 aromatic carbocycles. The summed E-state index contributed by atoms with van der Waals surface area (Å²) in [5.74, 6) is 0.453. The molecular formula is C14H25IN6O2. The van der Waals surface area contributed by atoms with Gasteiger partial charge in [-0.1, -0.05) is 0 Å². The number of hydrogen-bond acceptors (Lipinski definition) is 4. The van der Waals surface area contributed by atoms with Gasteiger partial charge < -0.3 is 25.3 Å². The third-order valence-corrected chi connectivity index (χ3v) is 3.57. The lowest BCUT2D eigenvalue weighted by Crippen LogP contribution is -2.48. The summed E-state index contributed by atoms with van der Waals surface area (Å²) in [6.45, 7) is 4.94. The Labute approximate surface area is 153 Å². The van der Waals surface area contributed by atoms with Gasteiger partial charge in [-0.2, -0.15) is 0 Å². The molecule has 3 N–H and O–H groups in total. The summed E-state index contributed by atoms with van der Waals surface area (Å²) in [7, 11) is 0. The molecule has 0 unspecified atom stereocenters. The fourth-order valence-corrected chi connectivity index (χ4v) is 2.38. The maximum Gasteiger partial charge on any atom is 0.409 e. The van der Waals surface area contributed by atoms with Crippen molar-refractivity contribution in [3.8, 4) is 0 Å². The number of piperidine rings is 1. The van der Waals surface area contributed by atoms with Crippen LogP contribution in [-0.2, 0) is 11.3 Å². The van der Waals surface area contributed by atoms with E-state index in [1.165, 1.54) is 0 Å². The summed E-state index contributed by atoms with van der Waals surface area (Å²) in [5, 5.41) is 3.21. The molecule has 2 rings (SSSR count). The second-order valence-corrected chi connectivity index (χ2v) is 5.17. The van der Waals surface area contributed by atoms with Gasteiger partial charge in [-0.25, -0.2) is 9.78 Å². The number of nitrogens with two attached hydrogens (primary N) is 1. The Hall–Kier alpha value is -1.52. The van der Waals surface area contributed by atoms with Crippen LogP contribution in [0.1, 0.15) is 19.8 Å². The molecule has 1 fully saturated rings. The van der Waals surface area contributed by atoms with Gasteiger partial charge in [0.15, 0.2) is 5.96 Å². The van der Waals surface area contributed by atoms with Crippen LogP contribution in [0.15, 0.2) is 23.7 Å². The van der Waals surface area contributed by atoms with Gasteiger partial charge >= 0.3 is 6.09 Å². The molecule has 0 atom stereocenters. The zero-order chi connectivity index (χ0) is 15.8. The average Bonchev–Trinajstić information content (AvgIpc) is 3.01. The quantitative estimate of drug-likeness (QED) is 0.408. The molecule has 1 amide bonds. The highest BCUT2D eigenvalue weighted by atomic mass is 127. The highest BCUT2D eigenvalue weighted by Gasteiger charge is 2.23. The third kappa shape index (κ3) is 6.63. The number of hydrogen-bond donors (Lipinski definition) is 2. The van der Waals surface area contributed by atoms with Gasteiger partial charge in [-0.05, 0) is 19.8 Å². The lowest BCUT2D eigenvalue weighted by atomic mass is 10.1. The van der Waals surface area contributed by atoms with Crippen molar-refractivity contribution in [1.82, 2.24) is 19.8 Å². The van der Waals surface area contributed by atoms with E-state index in [1.807, 2.05) is 17.7 Å². The van der Waals surface area contributed by atoms with E-state index in [2.05, 4.69) is 15.3 Å². The molecule has 130 valence electrons. The van der Waals surface area contributed by atoms with E-state index in [0.29, 0.717) is 32.2 Å². The van der Waals surface area contributed by atoms with Gasteiger partial charge in [0.1, 0.15) is 0 Å². The molecule has 9 heteroatoms. The highest BCUT2D eigenvalue weighted by molar-refractivity contribution is 14.0. The predicted octanol–water partition coefficient (Wildman–Crippen LogP) is 1.03. The van der Waals surface area contributed by atoms with Crippen LogP contribution in [0.3, 0.4) is 0 Å². The van der Waals surface area contributed by atoms with E-state index in [0.717, 1.165) is 19.4 Å². The number of nitrogens with one attached hydrogen (secondary N) is 1. The number of rotatable bonds is 5. The van der Waals surface area contributed by atoms with Crippen molar-refractivity contribution in [1.29, 1.82) is 0 Å². The number of halogens is 1. The van der Waals surface area contributed by atoms with Crippen LogP contribution in [0.25, 0.3) is 0 Å². The Balaban J connectivity index is 0.00000264. The van der Waals surface area contributed by atoms with E-state index in [1.54, 1.807) is 17.4 Å². The number of aromatic nitrogens is 2. The molecule has 1 aromatic heterocycles. The predicted molar refractivity (Wildman–Crippen MR) is 98.9 cm³/mol. The van der Waals surface area contributed by atoms with Crippen LogP contribution in [0, 0.1) is 0 Å². The Kier molecular flexibility index (Phi) is 8.74. The molecular weight excluding hydrogens is 411 g/mol. The van der Waals surface area contributed by atoms with Crippen molar-refractivity contribution in [3.63, 3.8) is 0 Å². The summed E-state index contributed by atoms with van der Waals surface area (Å²) in [6.07, 6.45) is 6.84. The fourth-order valence-electron chi connectivity index (χ4n) is 2.38. The number of aliphatic imine (C=N–C) groups is 1. The third-order valence-electron chi connectivity index (χ3n) is 3.57. The Morgan fingerprint density at radius 3 is 2.83 bits per heavy atom. The number of likely N-dealkylation sites (tertiary alicyclic amines) is 1. The number of nitrogens with zero attached hydrogens (tertiary/aromatic N) is 4. The maximum atomic E-state index is 11.6. The Morgan fingerprint density at radius 2 is 2.22 bits per heavy atom. The molecule has 0 aliphatic carbocycles. The zero-order valence-corrected chi connectivity index (χ0v) is 15.7. The molecule has 0 bridgehead atoms. The molecule has 0 radical (unpaired) electrons. The minimum absolute atomic E-state index is 0. The van der Waals surface area contributed by atoms with E-state index >= 15 is 0 Å². The van der Waals surface area contributed by atoms with Crippen molar-refractivity contribution in [2.45, 2.75) is 32.4 Å². The first kappa shape index (κ1) is 19.5. The van der Waals surface area contributed by atoms with Crippen molar-refractivity contribution in [2.75, 3.05) is 26.2 Å². The molecule has 23 heavy (non-hydrogen) atoms. The average molecular weight is 436 g/mol. The van der Waals surface area contributed by atoms with Crippen LogP contribution in [-0.4, -0.2) is 58.8 Å². The van der Waals surface area contributed by atoms with Gasteiger partial charge in [0.2, 0.25) is 0 Å². The molecule has 0 spiro atoms. The second kappa shape index (κ2) is 10.3. The summed E-state index contributed by atoms with van der Waals surface area (Å²) in [5.41, 5.74) is 5.89. The number of carbonyl (C=O) groups is 1. The number of amides is 1. The molecule has 1 aliphatic heterocycles. The summed E-state index contributed by atoms with van der Waals surface area (Å²) in [4.78, 5) is 21.6. The standard InChI is InChI=1S/C14H24N6O2.HI/c1-2-22-14(21)20-7-3-12(4-8-20)18-13(15)17-6-10-19-9-5-16-11-19;/h5,9,11-12H,2-4,6-8,10H2,1H3,(H3,15,17,18);1H. The Bertz CT molecular complexity index is 485. The maximum absolute atomic E-state index is 11.6. The van der Waals surface area contributed by atoms with Crippen molar-refractivity contribution in [2.24, 2.45) is 10.7 Å². The summed E-state index contributed by atoms with van der Waals surface area (Å²) in [6, 6.07) is 0.252. The number of ether oxygens (including phenoxy) is 1. The number of carbonyl (C=O) groups excluding carboxylic acids is 1. The first-order valence-corrected chi connectivity index (χ1v) is 7.63. The fraction of sp³-hybridized carbons (Fsp3) is 0.643. The van der Waals surface area contributed by atoms with Gasteiger partial charge in [-0.15, -0.1) is 24.0 Å². The SMILES string of the molecule is CCOC(=O)N1CCC(NC(N)=NCCn2ccnc2)CC1.I. The van der Waals surface area contributed by atoms with Crippen molar-refractivity contribution < 1.29 is 9.53 Å². The van der Waals surface area contributed by atoms with Crippen LogP contribution < -0.4 is 11.1 Å². The van der Waals surface area contributed by atoms with Gasteiger partial charge in [-0.3, -0.25) is 4.99 Å². The van der Waals surface area contributed by atoms with Gasteiger partial charge in [0, 0.05) is 38.1 Å². The van der Waals surface area contributed by atoms with E-state index < -0.39 is 0 Å². The molecule has 8 nitrogen and oxygen atoms in total. The molecule has 1 aromatic rings. The number of guanidine groups is 1. The minimum Gasteiger partial charge on any atom is -0.450 e. The van der Waals surface area contributed by atoms with Crippen LogP contribution in [0.2, 0.25) is 0 Å². The molecule has 1 aliphatic rings. The van der Waals surface area contributed by atoms with Crippen molar-refractivity contribution >= 4 is 36.0 Å². The zero-order valence-electron chi connectivity index (χ0n) is 13.4. The highest BCUT2D eigenvalue weighted by Crippen LogP contribution is 2.11. The first-order chi connectivity index (χ1) is 10.7. The minimum atomic E-state index is -0.233. The van der Waals surface area contributed by atoms with Crippen molar-refractivity contribution in [3.05, 3.63) is 18.7 Å². The topological polar surface area (TPSA) is 97.8 Å². The van der Waals surface area contributed by atoms with Crippen LogP contribution in [0.5, 0.6) is 0 Å². The summed E-state index contributed by atoms with van der Waals surface area (Å²) >= 11 is 0. The molecule has 2 heterocycles. The molecule has 1 saturated heterocycles. The smallest absolute Gasteiger partial charge is 0.409 e. The largest absolute Gasteiger partial charge is 0.450 e. The number of imidazole rings is 1.